The summed E-state index contributed by atoms with van der Waals surface area (Å²) < 4.78 is 29.7. The first-order chi connectivity index (χ1) is 14.0. The molecule has 2 aromatic carbocycles. The van der Waals surface area contributed by atoms with E-state index in [4.69, 9.17) is 4.74 Å². The van der Waals surface area contributed by atoms with E-state index in [2.05, 4.69) is 5.32 Å². The number of aliphatic carboxylic acids is 1. The van der Waals surface area contributed by atoms with E-state index in [1.807, 2.05) is 48.5 Å². The molecule has 0 bridgehead atoms. The first-order valence-corrected chi connectivity index (χ1v) is 9.60. The monoisotopic (exact) mass is 403 g/mol. The van der Waals surface area contributed by atoms with Gasteiger partial charge in [-0.1, -0.05) is 55.0 Å². The number of nitrogens with one attached hydrogen (secondary N) is 1. The summed E-state index contributed by atoms with van der Waals surface area (Å²) in [6.07, 6.45) is -2.95. The molecule has 1 amide bonds. The van der Waals surface area contributed by atoms with Gasteiger partial charge in [0.15, 0.2) is 0 Å². The van der Waals surface area contributed by atoms with Gasteiger partial charge in [0.1, 0.15) is 12.6 Å². The molecule has 0 fully saturated rings. The van der Waals surface area contributed by atoms with Gasteiger partial charge in [-0.15, -0.1) is 0 Å². The topological polar surface area (TPSA) is 75.6 Å². The molecule has 0 heterocycles. The number of carboxylic acid groups (broad SMARTS) is 1. The van der Waals surface area contributed by atoms with Crippen LogP contribution < -0.4 is 5.32 Å². The normalized spacial score (nSPS) is 13.6. The van der Waals surface area contributed by atoms with E-state index in [0.717, 1.165) is 22.3 Å². The molecular formula is C22H23F2NO4. The lowest BCUT2D eigenvalue weighted by atomic mass is 9.98. The van der Waals surface area contributed by atoms with E-state index in [1.165, 1.54) is 0 Å². The minimum atomic E-state index is -2.41. The van der Waals surface area contributed by atoms with E-state index in [1.54, 1.807) is 0 Å². The Morgan fingerprint density at radius 3 is 2.07 bits per heavy atom. The number of carboxylic acids is 1. The van der Waals surface area contributed by atoms with Crippen molar-refractivity contribution in [3.05, 3.63) is 59.7 Å². The molecule has 1 aliphatic carbocycles. The van der Waals surface area contributed by atoms with Crippen LogP contribution in [0.25, 0.3) is 11.1 Å². The highest BCUT2D eigenvalue weighted by Gasteiger charge is 2.29. The molecule has 1 atom stereocenters. The lowest BCUT2D eigenvalue weighted by Crippen LogP contribution is -2.41. The SMILES string of the molecule is O=C(NC(CCCCC(F)F)C(=O)O)OCC1c2ccccc2-c2ccccc21. The fourth-order valence-electron chi connectivity index (χ4n) is 3.69. The molecule has 7 heteroatoms. The van der Waals surface area contributed by atoms with Gasteiger partial charge in [0, 0.05) is 12.3 Å². The van der Waals surface area contributed by atoms with Crippen LogP contribution in [0.3, 0.4) is 0 Å². The van der Waals surface area contributed by atoms with Crippen molar-refractivity contribution in [1.29, 1.82) is 0 Å². The maximum Gasteiger partial charge on any atom is 0.407 e. The number of halogens is 2. The highest BCUT2D eigenvalue weighted by Crippen LogP contribution is 2.44. The van der Waals surface area contributed by atoms with Gasteiger partial charge >= 0.3 is 12.1 Å². The van der Waals surface area contributed by atoms with Crippen LogP contribution in [0.15, 0.2) is 48.5 Å². The highest BCUT2D eigenvalue weighted by atomic mass is 19.3. The predicted octanol–water partition coefficient (Wildman–Crippen LogP) is 4.80. The minimum absolute atomic E-state index is 0.0756. The molecule has 0 radical (unpaired) electrons. The summed E-state index contributed by atoms with van der Waals surface area (Å²) in [4.78, 5) is 23.5. The Hall–Kier alpha value is -2.96. The lowest BCUT2D eigenvalue weighted by Gasteiger charge is -2.17. The summed E-state index contributed by atoms with van der Waals surface area (Å²) in [5, 5.41) is 11.6. The number of hydrogen-bond acceptors (Lipinski definition) is 3. The molecular weight excluding hydrogens is 380 g/mol. The van der Waals surface area contributed by atoms with Crippen LogP contribution in [0.2, 0.25) is 0 Å². The van der Waals surface area contributed by atoms with E-state index in [9.17, 15) is 23.5 Å². The van der Waals surface area contributed by atoms with Gasteiger partial charge in [-0.3, -0.25) is 0 Å². The summed E-state index contributed by atoms with van der Waals surface area (Å²) in [6.45, 7) is 0.0809. The van der Waals surface area contributed by atoms with Crippen molar-refractivity contribution >= 4 is 12.1 Å². The molecule has 0 aromatic heterocycles. The average Bonchev–Trinajstić information content (AvgIpc) is 3.02. The lowest BCUT2D eigenvalue weighted by molar-refractivity contribution is -0.139. The Balaban J connectivity index is 1.58. The van der Waals surface area contributed by atoms with Gasteiger partial charge in [0.05, 0.1) is 0 Å². The number of unbranched alkanes of at least 4 members (excludes halogenated alkanes) is 1. The molecule has 0 spiro atoms. The maximum atomic E-state index is 12.2. The second kappa shape index (κ2) is 9.49. The molecule has 2 aromatic rings. The van der Waals surface area contributed by atoms with E-state index >= 15 is 0 Å². The second-order valence-corrected chi connectivity index (χ2v) is 7.04. The summed E-state index contributed by atoms with van der Waals surface area (Å²) in [5.74, 6) is -1.34. The van der Waals surface area contributed by atoms with Crippen LogP contribution in [0.1, 0.15) is 42.7 Å². The highest BCUT2D eigenvalue weighted by molar-refractivity contribution is 5.81. The van der Waals surface area contributed by atoms with Crippen LogP contribution in [0, 0.1) is 0 Å². The standard InChI is InChI=1S/C22H23F2NO4/c23-20(24)12-6-5-11-19(21(26)27)25-22(28)29-13-18-16-9-3-1-7-14(16)15-8-2-4-10-17(15)18/h1-4,7-10,18-20H,5-6,11-13H2,(H,25,28)(H,26,27). The number of fused-ring (bicyclic) bond motifs is 3. The molecule has 1 unspecified atom stereocenters. The van der Waals surface area contributed by atoms with Crippen molar-refractivity contribution in [2.75, 3.05) is 6.61 Å². The number of carbonyl (C=O) groups is 2. The number of alkyl carbamates (subject to hydrolysis) is 1. The Kier molecular flexibility index (Phi) is 6.80. The van der Waals surface area contributed by atoms with Crippen molar-refractivity contribution in [2.24, 2.45) is 0 Å². The van der Waals surface area contributed by atoms with Crippen LogP contribution in [0.5, 0.6) is 0 Å². The number of carbonyl (C=O) groups excluding carboxylic acids is 1. The largest absolute Gasteiger partial charge is 0.480 e. The van der Waals surface area contributed by atoms with Gasteiger partial charge in [0.25, 0.3) is 0 Å². The first-order valence-electron chi connectivity index (χ1n) is 9.60. The van der Waals surface area contributed by atoms with Crippen molar-refractivity contribution < 1.29 is 28.2 Å². The molecule has 29 heavy (non-hydrogen) atoms. The molecule has 1 aliphatic rings. The van der Waals surface area contributed by atoms with Crippen LogP contribution in [-0.4, -0.2) is 36.2 Å². The van der Waals surface area contributed by atoms with Gasteiger partial charge in [0.2, 0.25) is 6.43 Å². The zero-order chi connectivity index (χ0) is 20.8. The van der Waals surface area contributed by atoms with Gasteiger partial charge in [-0.25, -0.2) is 18.4 Å². The summed E-state index contributed by atoms with van der Waals surface area (Å²) in [7, 11) is 0. The van der Waals surface area contributed by atoms with Gasteiger partial charge in [-0.05, 0) is 35.1 Å². The number of rotatable bonds is 9. The Morgan fingerprint density at radius 1 is 0.966 bits per heavy atom. The number of ether oxygens (including phenoxy) is 1. The predicted molar refractivity (Wildman–Crippen MR) is 104 cm³/mol. The summed E-state index contributed by atoms with van der Waals surface area (Å²) >= 11 is 0. The number of alkyl halides is 2. The fraction of sp³-hybridized carbons (Fsp3) is 0.364. The van der Waals surface area contributed by atoms with Crippen molar-refractivity contribution in [3.8, 4) is 11.1 Å². The summed E-state index contributed by atoms with van der Waals surface area (Å²) in [5.41, 5.74) is 4.31. The number of benzene rings is 2. The Labute approximate surface area is 167 Å². The molecule has 0 saturated carbocycles. The molecule has 3 rings (SSSR count). The third-order valence-corrected chi connectivity index (χ3v) is 5.10. The Bertz CT molecular complexity index is 826. The first kappa shape index (κ1) is 20.8. The van der Waals surface area contributed by atoms with Gasteiger partial charge in [-0.2, -0.15) is 0 Å². The van der Waals surface area contributed by atoms with Gasteiger partial charge < -0.3 is 15.2 Å². The fourth-order valence-corrected chi connectivity index (χ4v) is 3.69. The maximum absolute atomic E-state index is 12.2. The van der Waals surface area contributed by atoms with Crippen LogP contribution in [-0.2, 0) is 9.53 Å². The van der Waals surface area contributed by atoms with Crippen molar-refractivity contribution in [3.63, 3.8) is 0 Å². The van der Waals surface area contributed by atoms with E-state index in [-0.39, 0.29) is 38.2 Å². The molecule has 5 nitrogen and oxygen atoms in total. The quantitative estimate of drug-likeness (QED) is 0.590. The average molecular weight is 403 g/mol. The van der Waals surface area contributed by atoms with E-state index in [0.29, 0.717) is 0 Å². The number of amides is 1. The van der Waals surface area contributed by atoms with Crippen molar-refractivity contribution in [1.82, 2.24) is 5.32 Å². The molecule has 0 aliphatic heterocycles. The second-order valence-electron chi connectivity index (χ2n) is 7.04. The summed E-state index contributed by atoms with van der Waals surface area (Å²) in [6, 6.07) is 14.6. The molecule has 0 saturated heterocycles. The number of hydrogen-bond donors (Lipinski definition) is 2. The molecule has 2 N–H and O–H groups in total. The van der Waals surface area contributed by atoms with Crippen LogP contribution >= 0.6 is 0 Å². The zero-order valence-corrected chi connectivity index (χ0v) is 15.8. The minimum Gasteiger partial charge on any atom is -0.480 e. The third-order valence-electron chi connectivity index (χ3n) is 5.10. The Morgan fingerprint density at radius 2 is 1.52 bits per heavy atom. The van der Waals surface area contributed by atoms with E-state index < -0.39 is 24.5 Å². The third kappa shape index (κ3) is 5.10. The van der Waals surface area contributed by atoms with Crippen LogP contribution in [0.4, 0.5) is 13.6 Å². The molecule has 154 valence electrons. The van der Waals surface area contributed by atoms with Crippen molar-refractivity contribution in [2.45, 2.75) is 44.1 Å². The smallest absolute Gasteiger partial charge is 0.407 e. The zero-order valence-electron chi connectivity index (χ0n) is 15.8.